The maximum atomic E-state index is 10.0. The molecule has 2 rings (SSSR count). The lowest BCUT2D eigenvalue weighted by molar-refractivity contribution is 0.174. The van der Waals surface area contributed by atoms with E-state index in [1.165, 1.54) is 4.88 Å². The lowest BCUT2D eigenvalue weighted by Crippen LogP contribution is -2.20. The normalized spacial score (nSPS) is 12.6. The van der Waals surface area contributed by atoms with Gasteiger partial charge >= 0.3 is 0 Å². The Labute approximate surface area is 119 Å². The number of hydrogen-bond acceptors (Lipinski definition) is 4. The van der Waals surface area contributed by atoms with Gasteiger partial charge < -0.3 is 10.4 Å². The molecule has 0 aliphatic carbocycles. The van der Waals surface area contributed by atoms with Crippen molar-refractivity contribution in [2.75, 3.05) is 6.54 Å². The minimum atomic E-state index is -0.489. The molecular weight excluding hydrogens is 312 g/mol. The lowest BCUT2D eigenvalue weighted by Gasteiger charge is -2.11. The van der Waals surface area contributed by atoms with Crippen molar-refractivity contribution in [2.45, 2.75) is 19.6 Å². The topological polar surface area (TPSA) is 45.2 Å². The zero-order chi connectivity index (χ0) is 13.0. The number of aliphatic hydroxyl groups is 1. The standard InChI is InChI=1S/C13H15BrN2OS/c1-9-16-7-12(18-9)6-15-8-13(17)10-3-2-4-11(14)5-10/h2-5,7,13,15,17H,6,8H2,1H3. The molecule has 1 unspecified atom stereocenters. The minimum Gasteiger partial charge on any atom is -0.387 e. The molecule has 0 fully saturated rings. The highest BCUT2D eigenvalue weighted by Crippen LogP contribution is 2.18. The number of aliphatic hydroxyl groups excluding tert-OH is 1. The van der Waals surface area contributed by atoms with Crippen molar-refractivity contribution >= 4 is 27.3 Å². The highest BCUT2D eigenvalue weighted by molar-refractivity contribution is 9.10. The van der Waals surface area contributed by atoms with E-state index in [0.29, 0.717) is 6.54 Å². The number of halogens is 1. The van der Waals surface area contributed by atoms with Crippen LogP contribution in [0.3, 0.4) is 0 Å². The number of benzene rings is 1. The van der Waals surface area contributed by atoms with Gasteiger partial charge in [0.15, 0.2) is 0 Å². The van der Waals surface area contributed by atoms with Gasteiger partial charge in [0.05, 0.1) is 11.1 Å². The second kappa shape index (κ2) is 6.43. The SMILES string of the molecule is Cc1ncc(CNCC(O)c2cccc(Br)c2)s1. The Balaban J connectivity index is 1.83. The van der Waals surface area contributed by atoms with Gasteiger partial charge in [0.25, 0.3) is 0 Å². The number of nitrogens with one attached hydrogen (secondary N) is 1. The predicted molar refractivity (Wildman–Crippen MR) is 77.7 cm³/mol. The van der Waals surface area contributed by atoms with Crippen LogP contribution < -0.4 is 5.32 Å². The van der Waals surface area contributed by atoms with Crippen LogP contribution in [-0.4, -0.2) is 16.6 Å². The van der Waals surface area contributed by atoms with Gasteiger partial charge in [0.2, 0.25) is 0 Å². The van der Waals surface area contributed by atoms with E-state index in [9.17, 15) is 5.11 Å². The molecule has 1 aromatic heterocycles. The summed E-state index contributed by atoms with van der Waals surface area (Å²) in [6.07, 6.45) is 1.38. The van der Waals surface area contributed by atoms with Gasteiger partial charge in [-0.15, -0.1) is 11.3 Å². The maximum Gasteiger partial charge on any atom is 0.0914 e. The molecule has 5 heteroatoms. The summed E-state index contributed by atoms with van der Waals surface area (Å²) in [5, 5.41) is 14.3. The van der Waals surface area contributed by atoms with E-state index in [0.717, 1.165) is 21.6 Å². The van der Waals surface area contributed by atoms with E-state index in [2.05, 4.69) is 26.2 Å². The van der Waals surface area contributed by atoms with Crippen LogP contribution in [-0.2, 0) is 6.54 Å². The fraction of sp³-hybridized carbons (Fsp3) is 0.308. The van der Waals surface area contributed by atoms with Crippen LogP contribution in [0, 0.1) is 6.92 Å². The molecule has 0 bridgehead atoms. The first-order chi connectivity index (χ1) is 8.65. The predicted octanol–water partition coefficient (Wildman–Crippen LogP) is 3.04. The fourth-order valence-electron chi connectivity index (χ4n) is 1.65. The van der Waals surface area contributed by atoms with Crippen molar-refractivity contribution in [1.82, 2.24) is 10.3 Å². The van der Waals surface area contributed by atoms with E-state index < -0.39 is 6.10 Å². The Bertz CT molecular complexity index is 515. The summed E-state index contributed by atoms with van der Waals surface area (Å²) in [6.45, 7) is 3.27. The third kappa shape index (κ3) is 3.88. The number of nitrogens with zero attached hydrogens (tertiary/aromatic N) is 1. The quantitative estimate of drug-likeness (QED) is 0.887. The Kier molecular flexibility index (Phi) is 4.88. The van der Waals surface area contributed by atoms with Crippen LogP contribution in [0.25, 0.3) is 0 Å². The Morgan fingerprint density at radius 3 is 3.00 bits per heavy atom. The molecule has 1 heterocycles. The first-order valence-electron chi connectivity index (χ1n) is 5.70. The molecule has 0 spiro atoms. The van der Waals surface area contributed by atoms with Crippen LogP contribution >= 0.6 is 27.3 Å². The van der Waals surface area contributed by atoms with Crippen LogP contribution in [0.5, 0.6) is 0 Å². The average Bonchev–Trinajstić information content (AvgIpc) is 2.75. The van der Waals surface area contributed by atoms with E-state index in [1.54, 1.807) is 11.3 Å². The van der Waals surface area contributed by atoms with Gasteiger partial charge in [-0.25, -0.2) is 4.98 Å². The smallest absolute Gasteiger partial charge is 0.0914 e. The van der Waals surface area contributed by atoms with Gasteiger partial charge in [-0.3, -0.25) is 0 Å². The fourth-order valence-corrected chi connectivity index (χ4v) is 2.83. The van der Waals surface area contributed by atoms with Crippen LogP contribution in [0.2, 0.25) is 0 Å². The molecule has 0 saturated carbocycles. The molecule has 0 saturated heterocycles. The van der Waals surface area contributed by atoms with Crippen LogP contribution in [0.1, 0.15) is 21.6 Å². The van der Waals surface area contributed by atoms with Crippen LogP contribution in [0.4, 0.5) is 0 Å². The van der Waals surface area contributed by atoms with Gasteiger partial charge in [-0.05, 0) is 24.6 Å². The molecule has 96 valence electrons. The summed E-state index contributed by atoms with van der Waals surface area (Å²) in [5.74, 6) is 0. The van der Waals surface area contributed by atoms with Crippen molar-refractivity contribution in [2.24, 2.45) is 0 Å². The first kappa shape index (κ1) is 13.7. The highest BCUT2D eigenvalue weighted by Gasteiger charge is 2.07. The van der Waals surface area contributed by atoms with E-state index >= 15 is 0 Å². The zero-order valence-corrected chi connectivity index (χ0v) is 12.5. The minimum absolute atomic E-state index is 0.489. The largest absolute Gasteiger partial charge is 0.387 e. The Morgan fingerprint density at radius 2 is 2.33 bits per heavy atom. The summed E-state index contributed by atoms with van der Waals surface area (Å²) in [4.78, 5) is 5.38. The van der Waals surface area contributed by atoms with E-state index in [4.69, 9.17) is 0 Å². The summed E-state index contributed by atoms with van der Waals surface area (Å²) < 4.78 is 0.983. The zero-order valence-electron chi connectivity index (χ0n) is 10.1. The number of rotatable bonds is 5. The van der Waals surface area contributed by atoms with Crippen molar-refractivity contribution in [3.05, 3.63) is 50.4 Å². The van der Waals surface area contributed by atoms with E-state index in [1.807, 2.05) is 37.4 Å². The molecule has 1 atom stereocenters. The molecule has 18 heavy (non-hydrogen) atoms. The number of aromatic nitrogens is 1. The summed E-state index contributed by atoms with van der Waals surface area (Å²) in [6, 6.07) is 7.73. The molecule has 2 N–H and O–H groups in total. The van der Waals surface area contributed by atoms with Gasteiger partial charge in [-0.1, -0.05) is 28.1 Å². The molecule has 0 amide bonds. The summed E-state index contributed by atoms with van der Waals surface area (Å²) >= 11 is 5.07. The number of thiazole rings is 1. The molecule has 3 nitrogen and oxygen atoms in total. The van der Waals surface area contributed by atoms with Crippen molar-refractivity contribution in [3.63, 3.8) is 0 Å². The van der Waals surface area contributed by atoms with Gasteiger partial charge in [-0.2, -0.15) is 0 Å². The summed E-state index contributed by atoms with van der Waals surface area (Å²) in [7, 11) is 0. The number of hydrogen-bond donors (Lipinski definition) is 2. The summed E-state index contributed by atoms with van der Waals surface area (Å²) in [5.41, 5.74) is 0.914. The van der Waals surface area contributed by atoms with Gasteiger partial charge in [0.1, 0.15) is 0 Å². The second-order valence-corrected chi connectivity index (χ2v) is 6.28. The average molecular weight is 327 g/mol. The maximum absolute atomic E-state index is 10.0. The monoisotopic (exact) mass is 326 g/mol. The van der Waals surface area contributed by atoms with Crippen molar-refractivity contribution in [1.29, 1.82) is 0 Å². The van der Waals surface area contributed by atoms with Crippen molar-refractivity contribution in [3.8, 4) is 0 Å². The second-order valence-electron chi connectivity index (χ2n) is 4.05. The lowest BCUT2D eigenvalue weighted by atomic mass is 10.1. The Morgan fingerprint density at radius 1 is 1.50 bits per heavy atom. The third-order valence-electron chi connectivity index (χ3n) is 2.54. The highest BCUT2D eigenvalue weighted by atomic mass is 79.9. The molecule has 0 aliphatic heterocycles. The van der Waals surface area contributed by atoms with Gasteiger partial charge in [0, 0.05) is 28.6 Å². The molecule has 2 aromatic rings. The molecule has 0 radical (unpaired) electrons. The third-order valence-corrected chi connectivity index (χ3v) is 3.95. The van der Waals surface area contributed by atoms with Crippen molar-refractivity contribution < 1.29 is 5.11 Å². The van der Waals surface area contributed by atoms with E-state index in [-0.39, 0.29) is 0 Å². The first-order valence-corrected chi connectivity index (χ1v) is 7.31. The molecule has 0 aliphatic rings. The van der Waals surface area contributed by atoms with Crippen LogP contribution in [0.15, 0.2) is 34.9 Å². The molecular formula is C13H15BrN2OS. The number of aryl methyl sites for hydroxylation is 1. The molecule has 1 aromatic carbocycles. The Hall–Kier alpha value is -0.750.